The predicted octanol–water partition coefficient (Wildman–Crippen LogP) is 2.56. The van der Waals surface area contributed by atoms with E-state index >= 15 is 0 Å². The topological polar surface area (TPSA) is 29.3 Å². The average Bonchev–Trinajstić information content (AvgIpc) is 2.29. The van der Waals surface area contributed by atoms with Crippen LogP contribution in [0.4, 0.5) is 14.5 Å². The van der Waals surface area contributed by atoms with Crippen LogP contribution in [0.25, 0.3) is 0 Å². The Balaban J connectivity index is 2.21. The number of anilines is 1. The Kier molecular flexibility index (Phi) is 3.33. The molecule has 0 radical (unpaired) electrons. The number of piperidine rings is 1. The van der Waals surface area contributed by atoms with E-state index in [0.717, 1.165) is 24.2 Å². The van der Waals surface area contributed by atoms with E-state index in [0.29, 0.717) is 6.42 Å². The van der Waals surface area contributed by atoms with E-state index in [4.69, 9.17) is 5.73 Å². The maximum absolute atomic E-state index is 12.9. The van der Waals surface area contributed by atoms with Crippen LogP contribution < -0.4 is 10.6 Å². The summed E-state index contributed by atoms with van der Waals surface area (Å²) in [4.78, 5) is 1.98. The largest absolute Gasteiger partial charge is 0.369 e. The monoisotopic (exact) mass is 240 g/mol. The molecule has 0 saturated carbocycles. The number of aryl methyl sites for hydroxylation is 1. The minimum Gasteiger partial charge on any atom is -0.369 e. The van der Waals surface area contributed by atoms with Crippen molar-refractivity contribution in [3.05, 3.63) is 29.8 Å². The molecule has 0 aliphatic carbocycles. The van der Waals surface area contributed by atoms with Crippen molar-refractivity contribution in [2.24, 2.45) is 5.73 Å². The Labute approximate surface area is 100 Å². The van der Waals surface area contributed by atoms with Crippen LogP contribution in [0.5, 0.6) is 0 Å². The van der Waals surface area contributed by atoms with Crippen molar-refractivity contribution in [3.63, 3.8) is 0 Å². The van der Waals surface area contributed by atoms with E-state index in [9.17, 15) is 8.78 Å². The Morgan fingerprint density at radius 1 is 1.35 bits per heavy atom. The standard InChI is InChI=1S/C13H18F2N2/c1-10-5-2-3-6-11(10)17-8-4-7-13(16,9-17)12(14)15/h2-3,5-6,12H,4,7-9,16H2,1H3. The third kappa shape index (κ3) is 2.41. The summed E-state index contributed by atoms with van der Waals surface area (Å²) < 4.78 is 25.9. The number of hydrogen-bond donors (Lipinski definition) is 1. The fourth-order valence-corrected chi connectivity index (χ4v) is 2.41. The van der Waals surface area contributed by atoms with Gasteiger partial charge in [-0.1, -0.05) is 18.2 Å². The lowest BCUT2D eigenvalue weighted by Crippen LogP contribution is -2.59. The van der Waals surface area contributed by atoms with Crippen LogP contribution in [0.3, 0.4) is 0 Å². The Bertz CT molecular complexity index is 395. The average molecular weight is 240 g/mol. The molecular formula is C13H18F2N2. The highest BCUT2D eigenvalue weighted by atomic mass is 19.3. The second-order valence-electron chi connectivity index (χ2n) is 4.85. The highest BCUT2D eigenvalue weighted by Crippen LogP contribution is 2.30. The second-order valence-corrected chi connectivity index (χ2v) is 4.85. The zero-order valence-electron chi connectivity index (χ0n) is 10.00. The van der Waals surface area contributed by atoms with Crippen LogP contribution in [0.1, 0.15) is 18.4 Å². The van der Waals surface area contributed by atoms with Crippen LogP contribution in [-0.2, 0) is 0 Å². The summed E-state index contributed by atoms with van der Waals surface area (Å²) in [6, 6.07) is 7.83. The molecule has 1 aliphatic heterocycles. The van der Waals surface area contributed by atoms with Crippen molar-refractivity contribution in [3.8, 4) is 0 Å². The Morgan fingerprint density at radius 3 is 2.71 bits per heavy atom. The van der Waals surface area contributed by atoms with Gasteiger partial charge in [-0.3, -0.25) is 0 Å². The fraction of sp³-hybridized carbons (Fsp3) is 0.538. The molecule has 4 heteroatoms. The molecule has 1 aromatic rings. The van der Waals surface area contributed by atoms with Gasteiger partial charge in [-0.2, -0.15) is 0 Å². The van der Waals surface area contributed by atoms with Gasteiger partial charge in [0.2, 0.25) is 0 Å². The van der Waals surface area contributed by atoms with Gasteiger partial charge in [0.1, 0.15) is 0 Å². The summed E-state index contributed by atoms with van der Waals surface area (Å²) in [5.74, 6) is 0. The van der Waals surface area contributed by atoms with Crippen LogP contribution >= 0.6 is 0 Å². The number of rotatable bonds is 2. The number of nitrogens with zero attached hydrogens (tertiary/aromatic N) is 1. The highest BCUT2D eigenvalue weighted by Gasteiger charge is 2.40. The summed E-state index contributed by atoms with van der Waals surface area (Å²) in [6.07, 6.45) is -1.35. The molecule has 94 valence electrons. The van der Waals surface area contributed by atoms with E-state index in [1.54, 1.807) is 0 Å². The maximum Gasteiger partial charge on any atom is 0.258 e. The molecule has 2 N–H and O–H groups in total. The van der Waals surface area contributed by atoms with Crippen LogP contribution in [0, 0.1) is 6.92 Å². The first-order valence-electron chi connectivity index (χ1n) is 5.90. The molecule has 1 atom stereocenters. The van der Waals surface area contributed by atoms with Gasteiger partial charge in [0.25, 0.3) is 6.43 Å². The number of hydrogen-bond acceptors (Lipinski definition) is 2. The normalized spacial score (nSPS) is 25.4. The SMILES string of the molecule is Cc1ccccc1N1CCCC(N)(C(F)F)C1. The fourth-order valence-electron chi connectivity index (χ4n) is 2.41. The molecule has 1 heterocycles. The quantitative estimate of drug-likeness (QED) is 0.860. The zero-order valence-corrected chi connectivity index (χ0v) is 10.00. The molecule has 1 aromatic carbocycles. The summed E-state index contributed by atoms with van der Waals surface area (Å²) >= 11 is 0. The van der Waals surface area contributed by atoms with Crippen LogP contribution in [0.15, 0.2) is 24.3 Å². The van der Waals surface area contributed by atoms with Gasteiger partial charge in [0, 0.05) is 18.8 Å². The van der Waals surface area contributed by atoms with Gasteiger partial charge >= 0.3 is 0 Å². The van der Waals surface area contributed by atoms with E-state index in [1.165, 1.54) is 0 Å². The zero-order chi connectivity index (χ0) is 12.5. The second kappa shape index (κ2) is 4.61. The summed E-state index contributed by atoms with van der Waals surface area (Å²) in [5, 5.41) is 0. The van der Waals surface area contributed by atoms with E-state index in [2.05, 4.69) is 0 Å². The highest BCUT2D eigenvalue weighted by molar-refractivity contribution is 5.53. The van der Waals surface area contributed by atoms with Crippen LogP contribution in [-0.4, -0.2) is 25.1 Å². The lowest BCUT2D eigenvalue weighted by atomic mass is 9.90. The Morgan fingerprint density at radius 2 is 2.06 bits per heavy atom. The Hall–Kier alpha value is -1.16. The predicted molar refractivity (Wildman–Crippen MR) is 65.5 cm³/mol. The minimum absolute atomic E-state index is 0.232. The van der Waals surface area contributed by atoms with Gasteiger partial charge in [-0.25, -0.2) is 8.78 Å². The van der Waals surface area contributed by atoms with E-state index < -0.39 is 12.0 Å². The smallest absolute Gasteiger partial charge is 0.258 e. The molecule has 1 fully saturated rings. The number of para-hydroxylation sites is 1. The lowest BCUT2D eigenvalue weighted by Gasteiger charge is -2.41. The third-order valence-electron chi connectivity index (χ3n) is 3.45. The van der Waals surface area contributed by atoms with E-state index in [1.807, 2.05) is 36.1 Å². The van der Waals surface area contributed by atoms with Crippen molar-refractivity contribution in [1.29, 1.82) is 0 Å². The number of benzene rings is 1. The molecule has 2 rings (SSSR count). The number of nitrogens with two attached hydrogens (primary N) is 1. The molecule has 1 aliphatic rings. The van der Waals surface area contributed by atoms with Gasteiger partial charge in [0.05, 0.1) is 5.54 Å². The molecule has 0 bridgehead atoms. The van der Waals surface area contributed by atoms with Crippen molar-refractivity contribution < 1.29 is 8.78 Å². The minimum atomic E-state index is -2.46. The third-order valence-corrected chi connectivity index (χ3v) is 3.45. The number of halogens is 2. The van der Waals surface area contributed by atoms with Crippen molar-refractivity contribution in [1.82, 2.24) is 0 Å². The summed E-state index contributed by atoms with van der Waals surface area (Å²) in [7, 11) is 0. The summed E-state index contributed by atoms with van der Waals surface area (Å²) in [6.45, 7) is 3.02. The first-order chi connectivity index (χ1) is 8.03. The van der Waals surface area contributed by atoms with Gasteiger partial charge in [-0.15, -0.1) is 0 Å². The molecule has 2 nitrogen and oxygen atoms in total. The van der Waals surface area contributed by atoms with Gasteiger partial charge in [0.15, 0.2) is 0 Å². The lowest BCUT2D eigenvalue weighted by molar-refractivity contribution is 0.0448. The molecule has 0 amide bonds. The van der Waals surface area contributed by atoms with Gasteiger partial charge in [-0.05, 0) is 31.4 Å². The first-order valence-corrected chi connectivity index (χ1v) is 5.90. The molecule has 17 heavy (non-hydrogen) atoms. The first kappa shape index (κ1) is 12.3. The number of alkyl halides is 2. The molecule has 1 saturated heterocycles. The summed E-state index contributed by atoms with van der Waals surface area (Å²) in [5.41, 5.74) is 6.55. The van der Waals surface area contributed by atoms with Crippen molar-refractivity contribution >= 4 is 5.69 Å². The molecule has 0 spiro atoms. The van der Waals surface area contributed by atoms with Crippen LogP contribution in [0.2, 0.25) is 0 Å². The molecular weight excluding hydrogens is 222 g/mol. The maximum atomic E-state index is 12.9. The molecule has 0 aromatic heterocycles. The van der Waals surface area contributed by atoms with E-state index in [-0.39, 0.29) is 6.54 Å². The van der Waals surface area contributed by atoms with Crippen molar-refractivity contribution in [2.75, 3.05) is 18.0 Å². The van der Waals surface area contributed by atoms with Crippen molar-refractivity contribution in [2.45, 2.75) is 31.7 Å². The molecule has 1 unspecified atom stereocenters. The van der Waals surface area contributed by atoms with Gasteiger partial charge < -0.3 is 10.6 Å².